The van der Waals surface area contributed by atoms with Crippen LogP contribution in [0.5, 0.6) is 0 Å². The first-order valence-corrected chi connectivity index (χ1v) is 10.1. The first-order valence-electron chi connectivity index (χ1n) is 9.24. The molecule has 2 aliphatic rings. The highest BCUT2D eigenvalue weighted by Gasteiger charge is 2.39. The van der Waals surface area contributed by atoms with Crippen LogP contribution in [0.4, 0.5) is 0 Å². The predicted octanol–water partition coefficient (Wildman–Crippen LogP) is 4.25. The van der Waals surface area contributed by atoms with Gasteiger partial charge in [0.25, 0.3) is 0 Å². The Bertz CT molecular complexity index is 731. The number of hydrogen-bond donors (Lipinski definition) is 0. The summed E-state index contributed by atoms with van der Waals surface area (Å²) in [6.07, 6.45) is 4.27. The first kappa shape index (κ1) is 16.8. The molecule has 0 unspecified atom stereocenters. The number of rotatable bonds is 3. The average Bonchev–Trinajstić information content (AvgIpc) is 3.10. The molecule has 2 fully saturated rings. The fourth-order valence-corrected chi connectivity index (χ4v) is 5.32. The number of thiophene rings is 1. The summed E-state index contributed by atoms with van der Waals surface area (Å²) in [5, 5.41) is 0. The molecule has 3 nitrogen and oxygen atoms in total. The Morgan fingerprint density at radius 2 is 1.80 bits per heavy atom. The Balaban J connectivity index is 1.35. The van der Waals surface area contributed by atoms with E-state index in [1.807, 2.05) is 23.3 Å². The van der Waals surface area contributed by atoms with Crippen LogP contribution in [0, 0.1) is 5.41 Å². The van der Waals surface area contributed by atoms with Crippen molar-refractivity contribution < 1.29 is 4.79 Å². The third-order valence-electron chi connectivity index (χ3n) is 5.88. The highest BCUT2D eigenvalue weighted by molar-refractivity contribution is 7.15. The molecule has 4 rings (SSSR count). The van der Waals surface area contributed by atoms with Crippen molar-refractivity contribution in [2.45, 2.75) is 32.2 Å². The largest absolute Gasteiger partial charge is 0.345 e. The van der Waals surface area contributed by atoms with E-state index in [2.05, 4.69) is 47.4 Å². The molecule has 0 atom stereocenters. The Kier molecular flexibility index (Phi) is 4.65. The van der Waals surface area contributed by atoms with Gasteiger partial charge in [0.05, 0.1) is 0 Å². The van der Waals surface area contributed by atoms with E-state index in [9.17, 15) is 4.79 Å². The summed E-state index contributed by atoms with van der Waals surface area (Å²) in [5.74, 6) is 0.320. The molecule has 1 aromatic heterocycles. The zero-order valence-corrected chi connectivity index (χ0v) is 15.7. The van der Waals surface area contributed by atoms with Crippen molar-refractivity contribution in [2.24, 2.45) is 5.41 Å². The van der Waals surface area contributed by atoms with Crippen molar-refractivity contribution in [3.05, 3.63) is 47.3 Å². The molecule has 0 bridgehead atoms. The lowest BCUT2D eigenvalue weighted by Crippen LogP contribution is -2.50. The lowest BCUT2D eigenvalue weighted by molar-refractivity contribution is -0.137. The highest BCUT2D eigenvalue weighted by Crippen LogP contribution is 2.40. The number of hydrogen-bond acceptors (Lipinski definition) is 3. The van der Waals surface area contributed by atoms with E-state index in [4.69, 9.17) is 0 Å². The molecule has 0 N–H and O–H groups in total. The Hall–Kier alpha value is -1.65. The fraction of sp³-hybridized carbons (Fsp3) is 0.476. The summed E-state index contributed by atoms with van der Waals surface area (Å²) >= 11 is 1.91. The topological polar surface area (TPSA) is 23.6 Å². The van der Waals surface area contributed by atoms with Crippen LogP contribution in [-0.4, -0.2) is 42.4 Å². The van der Waals surface area contributed by atoms with Crippen LogP contribution < -0.4 is 0 Å². The Morgan fingerprint density at radius 1 is 1.04 bits per heavy atom. The summed E-state index contributed by atoms with van der Waals surface area (Å²) < 4.78 is 0. The lowest BCUT2D eigenvalue weighted by atomic mass is 9.72. The number of nitrogens with zero attached hydrogens (tertiary/aromatic N) is 2. The second-order valence-corrected chi connectivity index (χ2v) is 8.83. The van der Waals surface area contributed by atoms with Gasteiger partial charge in [0.1, 0.15) is 0 Å². The predicted molar refractivity (Wildman–Crippen MR) is 104 cm³/mol. The van der Waals surface area contributed by atoms with Gasteiger partial charge < -0.3 is 4.90 Å². The van der Waals surface area contributed by atoms with Gasteiger partial charge in [0.2, 0.25) is 5.91 Å². The van der Waals surface area contributed by atoms with Crippen LogP contribution in [0.15, 0.2) is 42.5 Å². The van der Waals surface area contributed by atoms with Gasteiger partial charge in [0.15, 0.2) is 0 Å². The van der Waals surface area contributed by atoms with Crippen molar-refractivity contribution >= 4 is 17.2 Å². The van der Waals surface area contributed by atoms with Gasteiger partial charge in [-0.15, -0.1) is 11.3 Å². The van der Waals surface area contributed by atoms with E-state index in [-0.39, 0.29) is 0 Å². The smallest absolute Gasteiger partial charge is 0.222 e. The second-order valence-electron chi connectivity index (χ2n) is 7.66. The number of likely N-dealkylation sites (tertiary alicyclic amines) is 2. The molecule has 1 amide bonds. The summed E-state index contributed by atoms with van der Waals surface area (Å²) in [4.78, 5) is 19.1. The zero-order valence-electron chi connectivity index (χ0n) is 14.9. The fourth-order valence-electron chi connectivity index (χ4n) is 4.27. The van der Waals surface area contributed by atoms with E-state index in [1.54, 1.807) is 0 Å². The molecule has 0 radical (unpaired) electrons. The van der Waals surface area contributed by atoms with Gasteiger partial charge in [-0.3, -0.25) is 9.69 Å². The first-order chi connectivity index (χ1) is 12.1. The number of piperidine rings is 2. The molecule has 0 saturated carbocycles. The van der Waals surface area contributed by atoms with Gasteiger partial charge in [0, 0.05) is 36.3 Å². The maximum atomic E-state index is 11.8. The molecular formula is C21H26N2OS. The van der Waals surface area contributed by atoms with Gasteiger partial charge in [-0.25, -0.2) is 0 Å². The van der Waals surface area contributed by atoms with Crippen molar-refractivity contribution in [1.29, 1.82) is 0 Å². The summed E-state index contributed by atoms with van der Waals surface area (Å²) in [6.45, 7) is 4.32. The van der Waals surface area contributed by atoms with Crippen LogP contribution in [0.3, 0.4) is 0 Å². The molecule has 2 aliphatic heterocycles. The molecule has 0 aliphatic carbocycles. The van der Waals surface area contributed by atoms with Gasteiger partial charge in [-0.1, -0.05) is 30.3 Å². The molecular weight excluding hydrogens is 328 g/mol. The highest BCUT2D eigenvalue weighted by atomic mass is 32.1. The van der Waals surface area contributed by atoms with E-state index in [1.165, 1.54) is 28.2 Å². The van der Waals surface area contributed by atoms with E-state index >= 15 is 0 Å². The third kappa shape index (κ3) is 3.65. The molecule has 4 heteroatoms. The SMILES string of the molecule is CN1CC2(CCC1=O)CCN(Cc1ccc(-c3ccccc3)s1)CC2. The normalized spacial score (nSPS) is 21.0. The molecule has 1 aromatic carbocycles. The van der Waals surface area contributed by atoms with Crippen molar-refractivity contribution in [3.8, 4) is 10.4 Å². The third-order valence-corrected chi connectivity index (χ3v) is 7.00. The van der Waals surface area contributed by atoms with E-state index in [0.29, 0.717) is 11.3 Å². The van der Waals surface area contributed by atoms with Crippen molar-refractivity contribution in [1.82, 2.24) is 9.80 Å². The Morgan fingerprint density at radius 3 is 2.52 bits per heavy atom. The number of carbonyl (C=O) groups excluding carboxylic acids is 1. The quantitative estimate of drug-likeness (QED) is 0.823. The monoisotopic (exact) mass is 354 g/mol. The molecule has 3 heterocycles. The number of benzene rings is 1. The van der Waals surface area contributed by atoms with Crippen molar-refractivity contribution in [3.63, 3.8) is 0 Å². The van der Waals surface area contributed by atoms with Crippen LogP contribution in [0.25, 0.3) is 10.4 Å². The maximum absolute atomic E-state index is 11.8. The van der Waals surface area contributed by atoms with Crippen LogP contribution >= 0.6 is 11.3 Å². The lowest BCUT2D eigenvalue weighted by Gasteiger charge is -2.46. The minimum absolute atomic E-state index is 0.320. The molecule has 2 aromatic rings. The Labute approximate surface area is 154 Å². The molecule has 2 saturated heterocycles. The zero-order chi connectivity index (χ0) is 17.3. The van der Waals surface area contributed by atoms with Gasteiger partial charge in [-0.05, 0) is 55.5 Å². The van der Waals surface area contributed by atoms with Gasteiger partial charge in [-0.2, -0.15) is 0 Å². The van der Waals surface area contributed by atoms with Crippen molar-refractivity contribution in [2.75, 3.05) is 26.7 Å². The van der Waals surface area contributed by atoms with E-state index in [0.717, 1.165) is 39.0 Å². The molecule has 25 heavy (non-hydrogen) atoms. The molecule has 1 spiro atoms. The summed E-state index contributed by atoms with van der Waals surface area (Å²) in [7, 11) is 1.96. The van der Waals surface area contributed by atoms with E-state index < -0.39 is 0 Å². The number of carbonyl (C=O) groups is 1. The van der Waals surface area contributed by atoms with Crippen LogP contribution in [0.1, 0.15) is 30.6 Å². The number of amides is 1. The van der Waals surface area contributed by atoms with Crippen LogP contribution in [0.2, 0.25) is 0 Å². The standard InChI is InChI=1S/C21H26N2OS/c1-22-16-21(10-9-20(22)24)11-13-23(14-12-21)15-18-7-8-19(25-18)17-5-3-2-4-6-17/h2-8H,9-16H2,1H3. The minimum Gasteiger partial charge on any atom is -0.345 e. The van der Waals surface area contributed by atoms with Crippen LogP contribution in [-0.2, 0) is 11.3 Å². The second kappa shape index (κ2) is 6.93. The average molecular weight is 355 g/mol. The van der Waals surface area contributed by atoms with Gasteiger partial charge >= 0.3 is 0 Å². The molecule has 132 valence electrons. The summed E-state index contributed by atoms with van der Waals surface area (Å²) in [6, 6.07) is 15.2. The maximum Gasteiger partial charge on any atom is 0.222 e. The minimum atomic E-state index is 0.320. The summed E-state index contributed by atoms with van der Waals surface area (Å²) in [5.41, 5.74) is 1.69.